The van der Waals surface area contributed by atoms with Crippen LogP contribution in [0.2, 0.25) is 0 Å². The molecule has 4 aromatic carbocycles. The van der Waals surface area contributed by atoms with Gasteiger partial charge in [0.25, 0.3) is 0 Å². The molecule has 0 heterocycles. The molecular weight excluding hydrogens is 1380 g/mol. The van der Waals surface area contributed by atoms with E-state index in [4.69, 9.17) is 22.1 Å². The fourth-order valence-electron chi connectivity index (χ4n) is 14.1. The molecule has 2 N–H and O–H groups in total. The smallest absolute Gasteiger partial charge is 1.00 e. The zero-order valence-electron chi connectivity index (χ0n) is 52.3. The average Bonchev–Trinajstić information content (AvgIpc) is 0.901. The zero-order chi connectivity index (χ0) is 61.8. The van der Waals surface area contributed by atoms with E-state index in [0.717, 1.165) is 64.2 Å². The molecule has 4 aromatic rings. The molecule has 0 spiro atoms. The van der Waals surface area contributed by atoms with E-state index in [1.165, 1.54) is 36.5 Å². The molecule has 8 saturated carbocycles. The molecule has 8 aliphatic carbocycles. The third-order valence-electron chi connectivity index (χ3n) is 17.1. The van der Waals surface area contributed by atoms with Crippen LogP contribution in [0.4, 0.5) is 17.6 Å². The number of alkyl halides is 2. The van der Waals surface area contributed by atoms with E-state index in [1.807, 2.05) is 0 Å². The maximum atomic E-state index is 12.8. The first-order valence-corrected chi connectivity index (χ1v) is 34.3. The van der Waals surface area contributed by atoms with Crippen LogP contribution >= 0.6 is 0 Å². The van der Waals surface area contributed by atoms with Crippen molar-refractivity contribution in [1.29, 1.82) is 0 Å². The molecule has 4 atom stereocenters. The van der Waals surface area contributed by atoms with Gasteiger partial charge >= 0.3 is 94.5 Å². The van der Waals surface area contributed by atoms with Gasteiger partial charge in [0.05, 0.1) is 24.4 Å². The minimum absolute atomic E-state index is 0. The van der Waals surface area contributed by atoms with Crippen LogP contribution in [0.3, 0.4) is 0 Å². The van der Waals surface area contributed by atoms with Crippen LogP contribution in [0.25, 0.3) is 0 Å². The Kier molecular flexibility index (Phi) is 28.0. The van der Waals surface area contributed by atoms with E-state index in [2.05, 4.69) is 180 Å². The van der Waals surface area contributed by atoms with Gasteiger partial charge in [0.2, 0.25) is 5.97 Å². The number of carbonyl (C=O) groups is 2. The van der Waals surface area contributed by atoms with Crippen molar-refractivity contribution < 1.29 is 144 Å². The Morgan fingerprint density at radius 1 is 0.500 bits per heavy atom. The second-order valence-electron chi connectivity index (χ2n) is 29.1. The van der Waals surface area contributed by atoms with Crippen LogP contribution in [-0.2, 0) is 51.3 Å². The Bertz CT molecular complexity index is 2680. The van der Waals surface area contributed by atoms with Crippen molar-refractivity contribution >= 4 is 22.5 Å². The maximum Gasteiger partial charge on any atom is 1.00 e. The molecule has 0 aromatic heterocycles. The predicted molar refractivity (Wildman–Crippen MR) is 314 cm³/mol. The molecule has 0 amide bonds. The van der Waals surface area contributed by atoms with Crippen molar-refractivity contribution in [3.63, 3.8) is 0 Å². The van der Waals surface area contributed by atoms with Crippen LogP contribution < -0.4 is 84.4 Å². The molecule has 8 aliphatic rings. The monoisotopic (exact) mass is 1470 g/mol. The second kappa shape index (κ2) is 30.9. The number of esters is 2. The number of hydrogen-bond donors (Lipinski definition) is 2. The number of benzene rings is 4. The first-order valence-electron chi connectivity index (χ1n) is 29.0. The minimum Gasteiger partial charge on any atom is -1.00 e. The molecule has 12 rings (SSSR count). The number of halogens is 7. The molecule has 8 fully saturated rings. The quantitative estimate of drug-likeness (QED) is 0.0805. The SMILES string of the molecule is C.CC(C)(C)c1ccc([I+]c2ccc(C(C)(C)C)cc2)cc1.CC(C)(C)c1ccc([I+]c2ccc(C(C)(C)C)cc2)cc1.CC(F)(F)C(=O)OCC12CC3CC(CC(O)(C3)C1)C2.O=C(OCC12CC3CC(CC(O)(C3)C1)C2)[C-](F)F.O=S(=O)=O.[Cl-].[Na+]. The zero-order valence-corrected chi connectivity index (χ0v) is 60.1. The Morgan fingerprint density at radius 3 is 0.930 bits per heavy atom. The topological polar surface area (TPSA) is 144 Å². The van der Waals surface area contributed by atoms with Gasteiger partial charge in [0.15, 0.2) is 14.3 Å². The van der Waals surface area contributed by atoms with Crippen molar-refractivity contribution in [3.8, 4) is 0 Å². The molecule has 0 saturated heterocycles. The standard InChI is InChI=1S/2C20H26I.C14H20F2O3.C13H17F2O3.CH4.ClH.Na.O3S/c2*1-19(2,3)15-7-11-17(12-8-15)21-18-13-9-16(10-14-18)20(4,5)6;1-12(15,16)11(17)19-8-13-3-9-2-10(4-13)6-14(18,5-9)7-13;14-10(15)11(16)18-7-12-2-8-1-9(3-12)5-13(17,4-8)6-12;;;;1-4(2)3/h2*7-14H,1-6H3;9-10,18H,2-8H2,1H3;8-9,17H,1-7H2;1H4;1H;;/q2*+1;;-1;;;+1;/p-1. The van der Waals surface area contributed by atoms with Gasteiger partial charge in [0, 0.05) is 24.2 Å². The van der Waals surface area contributed by atoms with Gasteiger partial charge in [-0.05, 0) is 193 Å². The average molecular weight is 1470 g/mol. The van der Waals surface area contributed by atoms with Gasteiger partial charge in [-0.3, -0.25) is 4.79 Å². The van der Waals surface area contributed by atoms with Gasteiger partial charge in [-0.15, -0.1) is 12.6 Å². The Labute approximate surface area is 562 Å². The summed E-state index contributed by atoms with van der Waals surface area (Å²) in [5.41, 5.74) is 4.81. The molecule has 0 aliphatic heterocycles. The van der Waals surface area contributed by atoms with Gasteiger partial charge in [-0.25, -0.2) is 4.79 Å². The fourth-order valence-corrected chi connectivity index (χ4v) is 18.4. The first-order chi connectivity index (χ1) is 38.1. The maximum absolute atomic E-state index is 12.8. The molecule has 18 heteroatoms. The third kappa shape index (κ3) is 23.1. The molecule has 0 radical (unpaired) electrons. The Balaban J connectivity index is 0.000000291. The third-order valence-corrected chi connectivity index (χ3v) is 22.5. The summed E-state index contributed by atoms with van der Waals surface area (Å²) in [5.74, 6) is -4.53. The number of hydrogen-bond acceptors (Lipinski definition) is 9. The van der Waals surface area contributed by atoms with Crippen molar-refractivity contribution in [2.24, 2.45) is 34.5 Å². The van der Waals surface area contributed by atoms with Gasteiger partial charge in [-0.2, -0.15) is 8.78 Å². The predicted octanol–water partition coefficient (Wildman–Crippen LogP) is 3.27. The number of ether oxygens (including phenoxy) is 2. The summed E-state index contributed by atoms with van der Waals surface area (Å²) in [6.07, 6.45) is 8.02. The van der Waals surface area contributed by atoms with Gasteiger partial charge in [0.1, 0.15) is 0 Å². The molecule has 474 valence electrons. The summed E-state index contributed by atoms with van der Waals surface area (Å²) < 4.78 is 90.6. The molecule has 9 nitrogen and oxygen atoms in total. The van der Waals surface area contributed by atoms with Crippen LogP contribution in [-0.4, -0.2) is 65.1 Å². The van der Waals surface area contributed by atoms with E-state index < -0.39 is 46.1 Å². The normalized spacial score (nSPS) is 25.6. The van der Waals surface area contributed by atoms with E-state index in [1.54, 1.807) is 0 Å². The van der Waals surface area contributed by atoms with Gasteiger partial charge < -0.3 is 40.9 Å². The summed E-state index contributed by atoms with van der Waals surface area (Å²) in [7, 11) is -3.11. The minimum atomic E-state index is -3.43. The van der Waals surface area contributed by atoms with Crippen molar-refractivity contribution in [2.45, 2.75) is 213 Å². The second-order valence-corrected chi connectivity index (χ2v) is 35.6. The molecule has 4 unspecified atom stereocenters. The fraction of sp³-hybridized carbons (Fsp3) is 0.603. The van der Waals surface area contributed by atoms with E-state index in [-0.39, 0.29) is 138 Å². The summed E-state index contributed by atoms with van der Waals surface area (Å²) in [6, 6.07) is 36.8. The number of aliphatic hydroxyl groups is 2. The van der Waals surface area contributed by atoms with Crippen molar-refractivity contribution in [1.82, 2.24) is 0 Å². The van der Waals surface area contributed by atoms with Crippen molar-refractivity contribution in [3.05, 3.63) is 140 Å². The van der Waals surface area contributed by atoms with E-state index in [9.17, 15) is 37.4 Å². The first kappa shape index (κ1) is 77.9. The molecule has 8 bridgehead atoms. The van der Waals surface area contributed by atoms with Crippen LogP contribution in [0, 0.1) is 55.2 Å². The summed E-state index contributed by atoms with van der Waals surface area (Å²) in [5, 5.41) is 21.0. The Hall–Kier alpha value is -2.30. The van der Waals surface area contributed by atoms with Crippen LogP contribution in [0.15, 0.2) is 97.1 Å². The van der Waals surface area contributed by atoms with Crippen molar-refractivity contribution in [2.75, 3.05) is 13.2 Å². The Morgan fingerprint density at radius 2 is 0.733 bits per heavy atom. The van der Waals surface area contributed by atoms with E-state index >= 15 is 0 Å². The molecular formula is C68H93ClF4I2NaO9S+. The van der Waals surface area contributed by atoms with Crippen LogP contribution in [0.5, 0.6) is 0 Å². The summed E-state index contributed by atoms with van der Waals surface area (Å²) in [4.78, 5) is 22.0. The number of carbonyl (C=O) groups excluding carboxylic acids is 2. The van der Waals surface area contributed by atoms with Crippen LogP contribution in [0.1, 0.15) is 197 Å². The largest absolute Gasteiger partial charge is 1.00 e. The summed E-state index contributed by atoms with van der Waals surface area (Å²) >= 11 is -0.141. The molecule has 86 heavy (non-hydrogen) atoms. The number of rotatable bonds is 10. The van der Waals surface area contributed by atoms with E-state index in [0.29, 0.717) is 43.4 Å². The summed E-state index contributed by atoms with van der Waals surface area (Å²) in [6.45, 7) is 27.8. The van der Waals surface area contributed by atoms with Gasteiger partial charge in [-0.1, -0.05) is 139 Å².